The van der Waals surface area contributed by atoms with Gasteiger partial charge >= 0.3 is 11.9 Å². The molecule has 0 saturated carbocycles. The number of carboxylic acid groups (broad SMARTS) is 2. The highest BCUT2D eigenvalue weighted by Crippen LogP contribution is 2.37. The lowest BCUT2D eigenvalue weighted by Gasteiger charge is -2.32. The third-order valence-corrected chi connectivity index (χ3v) is 5.87. The number of carboxylic acids is 2. The van der Waals surface area contributed by atoms with Crippen molar-refractivity contribution in [2.45, 2.75) is 63.1 Å². The molecule has 0 aliphatic carbocycles. The molecule has 0 aromatic heterocycles. The van der Waals surface area contributed by atoms with Crippen molar-refractivity contribution in [3.05, 3.63) is 70.2 Å². The largest absolute Gasteiger partial charge is 0.481 e. The van der Waals surface area contributed by atoms with E-state index in [0.717, 1.165) is 19.3 Å². The fraction of sp³-hybridized carbons (Fsp3) is 0.400. The Morgan fingerprint density at radius 2 is 1.67 bits per heavy atom. The molecule has 2 rings (SSSR count). The smallest absolute Gasteiger partial charge is 0.337 e. The number of hydrogen-bond donors (Lipinski definition) is 4. The molecule has 0 radical (unpaired) electrons. The molecule has 2 aromatic carbocycles. The van der Waals surface area contributed by atoms with Gasteiger partial charge in [-0.3, -0.25) is 9.59 Å². The topological polar surface area (TPSA) is 132 Å². The molecule has 8 heteroatoms. The summed E-state index contributed by atoms with van der Waals surface area (Å²) in [4.78, 5) is 37.6. The molecule has 0 amide bonds. The fourth-order valence-electron chi connectivity index (χ4n) is 3.91. The third-order valence-electron chi connectivity index (χ3n) is 5.64. The monoisotopic (exact) mass is 476 g/mol. The number of carbonyl (C=O) groups is 3. The average molecular weight is 477 g/mol. The van der Waals surface area contributed by atoms with Gasteiger partial charge in [0.25, 0.3) is 0 Å². The molecule has 0 saturated heterocycles. The van der Waals surface area contributed by atoms with Crippen LogP contribution in [0.2, 0.25) is 5.02 Å². The van der Waals surface area contributed by atoms with E-state index in [-0.39, 0.29) is 28.1 Å². The molecule has 3 unspecified atom stereocenters. The molecule has 0 fully saturated rings. The summed E-state index contributed by atoms with van der Waals surface area (Å²) < 4.78 is 0. The van der Waals surface area contributed by atoms with E-state index in [9.17, 15) is 34.8 Å². The number of benzene rings is 2. The average Bonchev–Trinajstić information content (AvgIpc) is 2.77. The molecule has 178 valence electrons. The van der Waals surface area contributed by atoms with Crippen LogP contribution in [-0.4, -0.2) is 49.9 Å². The fourth-order valence-corrected chi connectivity index (χ4v) is 4.09. The van der Waals surface area contributed by atoms with Gasteiger partial charge in [-0.05, 0) is 24.1 Å². The molecular formula is C25H29ClO7. The third kappa shape index (κ3) is 6.63. The first-order valence-corrected chi connectivity index (χ1v) is 11.3. The maximum absolute atomic E-state index is 13.1. The van der Waals surface area contributed by atoms with E-state index in [4.69, 9.17) is 11.6 Å². The van der Waals surface area contributed by atoms with E-state index < -0.39 is 41.8 Å². The van der Waals surface area contributed by atoms with Crippen molar-refractivity contribution in [1.82, 2.24) is 0 Å². The van der Waals surface area contributed by atoms with Crippen LogP contribution in [0.15, 0.2) is 48.5 Å². The van der Waals surface area contributed by atoms with Crippen molar-refractivity contribution >= 4 is 29.3 Å². The number of unbranched alkanes of at least 4 members (excludes halogenated alkanes) is 3. The Balaban J connectivity index is 2.50. The predicted molar refractivity (Wildman–Crippen MR) is 124 cm³/mol. The Labute approximate surface area is 197 Å². The summed E-state index contributed by atoms with van der Waals surface area (Å²) in [5.74, 6) is -6.01. The minimum atomic E-state index is -2.85. The summed E-state index contributed by atoms with van der Waals surface area (Å²) in [5.41, 5.74) is -2.92. The van der Waals surface area contributed by atoms with E-state index in [1.165, 1.54) is 30.3 Å². The molecule has 0 aliphatic heterocycles. The molecule has 2 aromatic rings. The van der Waals surface area contributed by atoms with Crippen molar-refractivity contribution in [2.24, 2.45) is 0 Å². The van der Waals surface area contributed by atoms with Crippen LogP contribution in [0.25, 0.3) is 0 Å². The second-order valence-corrected chi connectivity index (χ2v) is 8.57. The van der Waals surface area contributed by atoms with Crippen molar-refractivity contribution in [2.75, 3.05) is 0 Å². The highest BCUT2D eigenvalue weighted by molar-refractivity contribution is 6.31. The molecule has 0 bridgehead atoms. The van der Waals surface area contributed by atoms with E-state index in [0.29, 0.717) is 6.42 Å². The summed E-state index contributed by atoms with van der Waals surface area (Å²) in [7, 11) is 0. The quantitative estimate of drug-likeness (QED) is 0.250. The maximum Gasteiger partial charge on any atom is 0.337 e. The summed E-state index contributed by atoms with van der Waals surface area (Å²) in [6, 6.07) is 11.9. The lowest BCUT2D eigenvalue weighted by Crippen LogP contribution is -2.50. The molecule has 0 heterocycles. The van der Waals surface area contributed by atoms with Gasteiger partial charge in [0.1, 0.15) is 5.92 Å². The number of rotatable bonds is 13. The van der Waals surface area contributed by atoms with Gasteiger partial charge in [0, 0.05) is 22.6 Å². The van der Waals surface area contributed by atoms with Gasteiger partial charge in [0.2, 0.25) is 0 Å². The van der Waals surface area contributed by atoms with Gasteiger partial charge in [0.15, 0.2) is 11.4 Å². The number of aliphatic hydroxyl groups excluding tert-OH is 1. The van der Waals surface area contributed by atoms with Gasteiger partial charge in [-0.2, -0.15) is 0 Å². The second-order valence-electron chi connectivity index (χ2n) is 8.13. The normalized spacial score (nSPS) is 14.8. The second kappa shape index (κ2) is 11.9. The van der Waals surface area contributed by atoms with Crippen LogP contribution in [0.4, 0.5) is 0 Å². The standard InChI is InChI=1S/C25H29ClO7/c1-2-3-4-8-11-18(27)15-25(33,24(31)32)21(23(29)30)19-13-12-17(26)14-20(19)22(28)16-9-6-5-7-10-16/h5-7,9-10,12-14,18,21,27,33H,2-4,8,11,15H2,1H3,(H,29,30)(H,31,32). The molecule has 0 aliphatic rings. The van der Waals surface area contributed by atoms with Crippen molar-refractivity contribution in [3.8, 4) is 0 Å². The Hall–Kier alpha value is -2.74. The van der Waals surface area contributed by atoms with Crippen molar-refractivity contribution in [3.63, 3.8) is 0 Å². The highest BCUT2D eigenvalue weighted by Gasteiger charge is 2.51. The molecule has 7 nitrogen and oxygen atoms in total. The lowest BCUT2D eigenvalue weighted by molar-refractivity contribution is -0.172. The van der Waals surface area contributed by atoms with Crippen LogP contribution in [0.5, 0.6) is 0 Å². The number of aliphatic hydroxyl groups is 2. The minimum Gasteiger partial charge on any atom is -0.481 e. The van der Waals surface area contributed by atoms with Gasteiger partial charge in [-0.25, -0.2) is 4.79 Å². The van der Waals surface area contributed by atoms with Crippen molar-refractivity contribution < 1.29 is 34.8 Å². The number of ketones is 1. The number of carbonyl (C=O) groups excluding carboxylic acids is 1. The number of hydrogen-bond acceptors (Lipinski definition) is 5. The van der Waals surface area contributed by atoms with E-state index in [2.05, 4.69) is 0 Å². The van der Waals surface area contributed by atoms with Crippen LogP contribution in [0, 0.1) is 0 Å². The van der Waals surface area contributed by atoms with E-state index in [1.54, 1.807) is 18.2 Å². The lowest BCUT2D eigenvalue weighted by atomic mass is 9.75. The Morgan fingerprint density at radius 1 is 1.00 bits per heavy atom. The maximum atomic E-state index is 13.1. The number of halogens is 1. The molecule has 4 N–H and O–H groups in total. The summed E-state index contributed by atoms with van der Waals surface area (Å²) >= 11 is 6.06. The molecule has 3 atom stereocenters. The molecular weight excluding hydrogens is 448 g/mol. The van der Waals surface area contributed by atoms with E-state index in [1.807, 2.05) is 6.92 Å². The molecule has 33 heavy (non-hydrogen) atoms. The van der Waals surface area contributed by atoms with Gasteiger partial charge in [-0.15, -0.1) is 0 Å². The van der Waals surface area contributed by atoms with Crippen LogP contribution in [-0.2, 0) is 9.59 Å². The molecule has 0 spiro atoms. The van der Waals surface area contributed by atoms with Crippen LogP contribution in [0.1, 0.15) is 72.9 Å². The first-order chi connectivity index (χ1) is 15.6. The zero-order valence-electron chi connectivity index (χ0n) is 18.4. The first kappa shape index (κ1) is 26.5. The Kier molecular flexibility index (Phi) is 9.58. The SMILES string of the molecule is CCCCCCC(O)CC(O)(C(=O)O)C(C(=O)O)c1ccc(Cl)cc1C(=O)c1ccccc1. The Morgan fingerprint density at radius 3 is 2.24 bits per heavy atom. The first-order valence-electron chi connectivity index (χ1n) is 10.9. The minimum absolute atomic E-state index is 0.127. The highest BCUT2D eigenvalue weighted by atomic mass is 35.5. The van der Waals surface area contributed by atoms with Gasteiger partial charge < -0.3 is 20.4 Å². The van der Waals surface area contributed by atoms with Crippen LogP contribution < -0.4 is 0 Å². The van der Waals surface area contributed by atoms with Crippen molar-refractivity contribution in [1.29, 1.82) is 0 Å². The van der Waals surface area contributed by atoms with Gasteiger partial charge in [0.05, 0.1) is 6.10 Å². The summed E-state index contributed by atoms with van der Waals surface area (Å²) in [5, 5.41) is 41.5. The summed E-state index contributed by atoms with van der Waals surface area (Å²) in [6.07, 6.45) is 1.65. The zero-order chi connectivity index (χ0) is 24.6. The Bertz CT molecular complexity index is 976. The van der Waals surface area contributed by atoms with Crippen LogP contribution in [0.3, 0.4) is 0 Å². The predicted octanol–water partition coefficient (Wildman–Crippen LogP) is 4.28. The van der Waals surface area contributed by atoms with E-state index >= 15 is 0 Å². The summed E-state index contributed by atoms with van der Waals surface area (Å²) in [6.45, 7) is 2.03. The number of aliphatic carboxylic acids is 2. The van der Waals surface area contributed by atoms with Crippen LogP contribution >= 0.6 is 11.6 Å². The zero-order valence-corrected chi connectivity index (χ0v) is 19.2. The van der Waals surface area contributed by atoms with Gasteiger partial charge in [-0.1, -0.05) is 80.6 Å².